The number of carbonyl (C=O) groups is 1. The smallest absolute Gasteiger partial charge is 0.297 e. The fraction of sp³-hybridized carbons (Fsp3) is 0.536. The highest BCUT2D eigenvalue weighted by atomic mass is 32.2. The molecule has 11 rings (SSSR count). The number of carbonyl (C=O) groups excluding carboxylic acids is 1. The predicted octanol–water partition coefficient (Wildman–Crippen LogP) is 10.6. The highest BCUT2D eigenvalue weighted by Gasteiger charge is 2.50. The zero-order chi connectivity index (χ0) is 50.6. The average molecular weight is 1020 g/mol. The van der Waals surface area contributed by atoms with Crippen LogP contribution in [0.1, 0.15) is 132 Å². The van der Waals surface area contributed by atoms with Gasteiger partial charge in [0.25, 0.3) is 27.5 Å². The third kappa shape index (κ3) is 10.1. The molecule has 3 N–H and O–H groups in total. The molecule has 6 heterocycles. The predicted molar refractivity (Wildman–Crippen MR) is 282 cm³/mol. The molecular formula is C56H70N8O8S. The highest BCUT2D eigenvalue weighted by Crippen LogP contribution is 2.55. The molecule has 3 saturated heterocycles. The van der Waals surface area contributed by atoms with E-state index in [0.29, 0.717) is 36.8 Å². The van der Waals surface area contributed by atoms with Crippen LogP contribution in [0.3, 0.4) is 0 Å². The first kappa shape index (κ1) is 49.3. The number of ether oxygens (including phenoxy) is 3. The molecule has 388 valence electrons. The number of benzene rings is 3. The number of H-pyrrole nitrogens is 1. The number of anilines is 2. The van der Waals surface area contributed by atoms with E-state index in [4.69, 9.17) is 19.2 Å². The van der Waals surface area contributed by atoms with Crippen LogP contribution >= 0.6 is 0 Å². The van der Waals surface area contributed by atoms with Crippen molar-refractivity contribution in [3.8, 4) is 23.1 Å². The van der Waals surface area contributed by atoms with Gasteiger partial charge in [-0.1, -0.05) is 52.0 Å². The van der Waals surface area contributed by atoms with Crippen molar-refractivity contribution in [2.24, 2.45) is 16.7 Å². The average Bonchev–Trinajstić information content (AvgIpc) is 4.03. The fourth-order valence-corrected chi connectivity index (χ4v) is 13.7. The molecule has 4 aliphatic heterocycles. The standard InChI is InChI=1S/C56H70N8O8S/c1-36(2)42-9-5-6-10-43(42)46-11-7-24-63(46)40-33-56(34-40)19-25-62(26-20-56)39-12-13-44(48(30-39)72-50-29-38-16-21-57-52(38)59-54(50)70-28-27-61-22-8-23-61)53(65)60-73(68,69)41-31-47(64(66)67)51-49(32-41)71-35-45(58-51)37-14-17-55(3,4)18-15-37/h5-6,9-10,12-13,16,21,29-32,36-37,40,45-46,58H,7-8,11,14-15,17-20,22-28,33-35H2,1-4H3,(H,57,59)(H,60,65)/t45-,46-/m1/s1. The number of pyridine rings is 1. The number of amides is 1. The minimum atomic E-state index is -4.68. The molecule has 17 heteroatoms. The quantitative estimate of drug-likeness (QED) is 0.0665. The monoisotopic (exact) mass is 1010 g/mol. The zero-order valence-corrected chi connectivity index (χ0v) is 43.5. The van der Waals surface area contributed by atoms with Gasteiger partial charge in [0.15, 0.2) is 17.2 Å². The van der Waals surface area contributed by atoms with E-state index in [0.717, 1.165) is 94.8 Å². The van der Waals surface area contributed by atoms with Gasteiger partial charge in [0.2, 0.25) is 0 Å². The third-order valence-electron chi connectivity index (χ3n) is 17.2. The van der Waals surface area contributed by atoms with Crippen LogP contribution in [-0.4, -0.2) is 104 Å². The lowest BCUT2D eigenvalue weighted by Gasteiger charge is -2.56. The molecule has 5 fully saturated rings. The van der Waals surface area contributed by atoms with Gasteiger partial charge in [-0.25, -0.2) is 13.1 Å². The molecule has 0 radical (unpaired) electrons. The van der Waals surface area contributed by atoms with Crippen LogP contribution in [0.5, 0.6) is 23.1 Å². The Bertz CT molecular complexity index is 2980. The van der Waals surface area contributed by atoms with E-state index in [2.05, 4.69) is 81.7 Å². The summed E-state index contributed by atoms with van der Waals surface area (Å²) >= 11 is 0. The lowest BCUT2D eigenvalue weighted by Crippen LogP contribution is -2.54. The van der Waals surface area contributed by atoms with Gasteiger partial charge in [-0.2, -0.15) is 4.98 Å². The summed E-state index contributed by atoms with van der Waals surface area (Å²) < 4.78 is 49.7. The number of nitro groups is 1. The van der Waals surface area contributed by atoms with Gasteiger partial charge in [0.05, 0.1) is 21.4 Å². The fourth-order valence-electron chi connectivity index (χ4n) is 12.7. The first-order chi connectivity index (χ1) is 35.1. The van der Waals surface area contributed by atoms with Gasteiger partial charge in [0, 0.05) is 67.2 Å². The van der Waals surface area contributed by atoms with Crippen LogP contribution in [0.15, 0.2) is 77.8 Å². The van der Waals surface area contributed by atoms with Crippen molar-refractivity contribution >= 4 is 44.0 Å². The van der Waals surface area contributed by atoms with Crippen molar-refractivity contribution in [1.82, 2.24) is 24.5 Å². The van der Waals surface area contributed by atoms with E-state index in [9.17, 15) is 23.3 Å². The van der Waals surface area contributed by atoms with Gasteiger partial charge in [-0.05, 0) is 148 Å². The molecule has 16 nitrogen and oxygen atoms in total. The Kier molecular flexibility index (Phi) is 13.3. The van der Waals surface area contributed by atoms with Crippen LogP contribution in [0.25, 0.3) is 11.0 Å². The summed E-state index contributed by atoms with van der Waals surface area (Å²) in [4.78, 5) is 41.2. The van der Waals surface area contributed by atoms with Crippen molar-refractivity contribution in [2.45, 2.75) is 127 Å². The highest BCUT2D eigenvalue weighted by molar-refractivity contribution is 7.90. The molecule has 1 spiro atoms. The van der Waals surface area contributed by atoms with Gasteiger partial charge in [-0.15, -0.1) is 0 Å². The number of nitro benzene ring substituents is 1. The summed E-state index contributed by atoms with van der Waals surface area (Å²) in [5, 5.41) is 16.7. The summed E-state index contributed by atoms with van der Waals surface area (Å²) in [5.74, 6) is 0.438. The van der Waals surface area contributed by atoms with Gasteiger partial charge < -0.3 is 29.4 Å². The van der Waals surface area contributed by atoms with Gasteiger partial charge >= 0.3 is 0 Å². The van der Waals surface area contributed by atoms with Crippen molar-refractivity contribution < 1.29 is 32.3 Å². The third-order valence-corrected chi connectivity index (χ3v) is 18.6. The molecule has 73 heavy (non-hydrogen) atoms. The van der Waals surface area contributed by atoms with E-state index in [1.807, 2.05) is 12.1 Å². The largest absolute Gasteiger partial charge is 0.489 e. The minimum absolute atomic E-state index is 0.0467. The Morgan fingerprint density at radius 2 is 1.73 bits per heavy atom. The Hall–Kier alpha value is -5.91. The number of nitrogens with zero attached hydrogens (tertiary/aromatic N) is 5. The van der Waals surface area contributed by atoms with Crippen LogP contribution < -0.4 is 29.1 Å². The van der Waals surface area contributed by atoms with Crippen LogP contribution in [0.2, 0.25) is 0 Å². The first-order valence-electron chi connectivity index (χ1n) is 26.6. The van der Waals surface area contributed by atoms with Crippen molar-refractivity contribution in [3.63, 3.8) is 0 Å². The number of likely N-dealkylation sites (tertiary alicyclic amines) is 2. The first-order valence-corrected chi connectivity index (χ1v) is 28.1. The summed E-state index contributed by atoms with van der Waals surface area (Å²) in [7, 11) is -4.68. The molecule has 1 amide bonds. The van der Waals surface area contributed by atoms with Crippen molar-refractivity contribution in [2.75, 3.05) is 62.7 Å². The topological polar surface area (TPSA) is 184 Å². The van der Waals surface area contributed by atoms with E-state index in [1.165, 1.54) is 42.9 Å². The molecule has 6 aliphatic rings. The molecule has 2 atom stereocenters. The van der Waals surface area contributed by atoms with E-state index in [1.54, 1.807) is 24.4 Å². The number of sulfonamides is 1. The number of aromatic nitrogens is 2. The van der Waals surface area contributed by atoms with Crippen LogP contribution in [0, 0.1) is 26.9 Å². The van der Waals surface area contributed by atoms with Crippen molar-refractivity contribution in [1.29, 1.82) is 0 Å². The molecule has 2 aromatic heterocycles. The summed E-state index contributed by atoms with van der Waals surface area (Å²) in [6, 6.07) is 21.0. The van der Waals surface area contributed by atoms with E-state index < -0.39 is 31.4 Å². The summed E-state index contributed by atoms with van der Waals surface area (Å²) in [6.45, 7) is 15.2. The SMILES string of the molecule is CC(C)c1ccccc1[C@H]1CCCN1C1CC2(CCN(c3ccc(C(=O)NS(=O)(=O)c4cc5c(c([N+](=O)[O-])c4)N[C@@H](C4CCC(C)(C)CC4)CO5)c(Oc4cc5cc[nH]c5nc4OCCN4CCC4)c3)CC2)C1. The lowest BCUT2D eigenvalue weighted by molar-refractivity contribution is -0.384. The zero-order valence-electron chi connectivity index (χ0n) is 42.7. The maximum absolute atomic E-state index is 14.5. The molecule has 5 aromatic rings. The van der Waals surface area contributed by atoms with E-state index >= 15 is 0 Å². The minimum Gasteiger partial charge on any atom is -0.489 e. The maximum Gasteiger partial charge on any atom is 0.297 e. The van der Waals surface area contributed by atoms with Gasteiger partial charge in [0.1, 0.15) is 24.6 Å². The molecule has 2 aliphatic carbocycles. The summed E-state index contributed by atoms with van der Waals surface area (Å²) in [6.07, 6.45) is 13.8. The molecule has 2 saturated carbocycles. The maximum atomic E-state index is 14.5. The Morgan fingerprint density at radius 3 is 2.47 bits per heavy atom. The molecule has 0 unspecified atom stereocenters. The molecule has 0 bridgehead atoms. The van der Waals surface area contributed by atoms with E-state index in [-0.39, 0.29) is 63.8 Å². The second kappa shape index (κ2) is 19.7. The Morgan fingerprint density at radius 1 is 0.945 bits per heavy atom. The Balaban J connectivity index is 0.837. The van der Waals surface area contributed by atoms with Gasteiger partial charge in [-0.3, -0.25) is 24.7 Å². The van der Waals surface area contributed by atoms with Crippen molar-refractivity contribution in [3.05, 3.63) is 99.7 Å². The Labute approximate surface area is 428 Å². The lowest BCUT2D eigenvalue weighted by atomic mass is 9.59. The number of nitrogens with one attached hydrogen (secondary N) is 3. The second-order valence-corrected chi connectivity index (χ2v) is 24.5. The van der Waals surface area contributed by atoms with Crippen LogP contribution in [-0.2, 0) is 10.0 Å². The number of piperidine rings is 1. The normalized spacial score (nSPS) is 22.3. The second-order valence-electron chi connectivity index (χ2n) is 22.8. The number of fused-ring (bicyclic) bond motifs is 2. The summed E-state index contributed by atoms with van der Waals surface area (Å²) in [5.41, 5.74) is 4.58. The number of hydrogen-bond acceptors (Lipinski definition) is 13. The molecule has 3 aromatic carbocycles. The van der Waals surface area contributed by atoms with Crippen LogP contribution in [0.4, 0.5) is 17.1 Å². The molecular weight excluding hydrogens is 945 g/mol. The number of hydrogen-bond donors (Lipinski definition) is 3. The number of rotatable bonds is 15. The number of aromatic amines is 1.